The Balaban J connectivity index is 2.12. The van der Waals surface area contributed by atoms with Gasteiger partial charge in [-0.05, 0) is 24.5 Å². The number of hydrogen-bond acceptors (Lipinski definition) is 2. The summed E-state index contributed by atoms with van der Waals surface area (Å²) < 4.78 is 1.89. The van der Waals surface area contributed by atoms with Crippen molar-refractivity contribution in [1.82, 2.24) is 15.0 Å². The van der Waals surface area contributed by atoms with Crippen LogP contribution < -0.4 is 0 Å². The van der Waals surface area contributed by atoms with Gasteiger partial charge in [-0.2, -0.15) is 0 Å². The smallest absolute Gasteiger partial charge is 0.113 e. The molecule has 0 aliphatic carbocycles. The summed E-state index contributed by atoms with van der Waals surface area (Å²) in [6, 6.07) is 7.67. The first-order valence-electron chi connectivity index (χ1n) is 5.81. The summed E-state index contributed by atoms with van der Waals surface area (Å²) >= 11 is 5.95. The minimum atomic E-state index is 0.675. The number of rotatable bonds is 4. The number of nitrogens with zero attached hydrogens (tertiary/aromatic N) is 3. The number of aryl methyl sites for hydroxylation is 1. The van der Waals surface area contributed by atoms with Gasteiger partial charge in [-0.25, -0.2) is 0 Å². The minimum Gasteiger partial charge on any atom is -0.252 e. The van der Waals surface area contributed by atoms with E-state index in [0.717, 1.165) is 29.2 Å². The molecule has 0 atom stereocenters. The lowest BCUT2D eigenvalue weighted by molar-refractivity contribution is 0.478. The van der Waals surface area contributed by atoms with Crippen LogP contribution in [-0.4, -0.2) is 15.0 Å². The highest BCUT2D eigenvalue weighted by Crippen LogP contribution is 2.20. The van der Waals surface area contributed by atoms with Crippen LogP contribution in [0.25, 0.3) is 11.3 Å². The summed E-state index contributed by atoms with van der Waals surface area (Å²) in [7, 11) is 0. The Morgan fingerprint density at radius 1 is 1.35 bits per heavy atom. The van der Waals surface area contributed by atoms with Gasteiger partial charge in [0.1, 0.15) is 5.69 Å². The fourth-order valence-corrected chi connectivity index (χ4v) is 1.77. The van der Waals surface area contributed by atoms with E-state index in [1.165, 1.54) is 0 Å². The highest BCUT2D eigenvalue weighted by molar-refractivity contribution is 6.30. The highest BCUT2D eigenvalue weighted by atomic mass is 35.5. The van der Waals surface area contributed by atoms with E-state index in [1.54, 1.807) is 0 Å². The molecule has 0 amide bonds. The van der Waals surface area contributed by atoms with Crippen molar-refractivity contribution in [3.63, 3.8) is 0 Å². The van der Waals surface area contributed by atoms with Crippen LogP contribution in [0, 0.1) is 5.92 Å². The van der Waals surface area contributed by atoms with E-state index in [-0.39, 0.29) is 0 Å². The van der Waals surface area contributed by atoms with Gasteiger partial charge in [-0.1, -0.05) is 42.8 Å². The third kappa shape index (κ3) is 3.30. The van der Waals surface area contributed by atoms with Crippen molar-refractivity contribution in [3.05, 3.63) is 35.5 Å². The summed E-state index contributed by atoms with van der Waals surface area (Å²) in [5.41, 5.74) is 1.88. The van der Waals surface area contributed by atoms with E-state index in [1.807, 2.05) is 35.1 Å². The molecule has 1 aromatic heterocycles. The Labute approximate surface area is 106 Å². The average Bonchev–Trinajstić information content (AvgIpc) is 2.75. The van der Waals surface area contributed by atoms with E-state index in [2.05, 4.69) is 24.2 Å². The van der Waals surface area contributed by atoms with Gasteiger partial charge in [0, 0.05) is 17.1 Å². The molecule has 0 spiro atoms. The molecule has 2 aromatic rings. The van der Waals surface area contributed by atoms with Gasteiger partial charge in [-0.3, -0.25) is 4.68 Å². The van der Waals surface area contributed by atoms with Crippen LogP contribution in [-0.2, 0) is 6.54 Å². The van der Waals surface area contributed by atoms with Crippen molar-refractivity contribution < 1.29 is 0 Å². The molecular formula is C13H16ClN3. The number of hydrogen-bond donors (Lipinski definition) is 0. The first kappa shape index (κ1) is 12.1. The van der Waals surface area contributed by atoms with Crippen molar-refractivity contribution in [2.75, 3.05) is 0 Å². The van der Waals surface area contributed by atoms with Crippen molar-refractivity contribution in [2.24, 2.45) is 5.92 Å². The standard InChI is InChI=1S/C13H16ClN3/c1-10(2)6-7-17-9-13(15-16-17)11-4-3-5-12(14)8-11/h3-5,8-10H,6-7H2,1-2H3. The topological polar surface area (TPSA) is 30.7 Å². The van der Waals surface area contributed by atoms with E-state index in [0.29, 0.717) is 5.92 Å². The zero-order chi connectivity index (χ0) is 12.3. The molecule has 4 heteroatoms. The van der Waals surface area contributed by atoms with Gasteiger partial charge >= 0.3 is 0 Å². The first-order valence-corrected chi connectivity index (χ1v) is 6.19. The first-order chi connectivity index (χ1) is 8.15. The predicted octanol–water partition coefficient (Wildman–Crippen LogP) is 3.64. The summed E-state index contributed by atoms with van der Waals surface area (Å²) in [5.74, 6) is 0.675. The van der Waals surface area contributed by atoms with Crippen LogP contribution in [0.15, 0.2) is 30.5 Å². The molecular weight excluding hydrogens is 234 g/mol. The lowest BCUT2D eigenvalue weighted by atomic mass is 10.1. The highest BCUT2D eigenvalue weighted by Gasteiger charge is 2.04. The van der Waals surface area contributed by atoms with Gasteiger partial charge < -0.3 is 0 Å². The second kappa shape index (κ2) is 5.32. The number of aromatic nitrogens is 3. The quantitative estimate of drug-likeness (QED) is 0.828. The molecule has 2 rings (SSSR count). The van der Waals surface area contributed by atoms with Gasteiger partial charge in [-0.15, -0.1) is 5.10 Å². The van der Waals surface area contributed by atoms with Crippen molar-refractivity contribution >= 4 is 11.6 Å². The third-order valence-corrected chi connectivity index (χ3v) is 2.83. The summed E-state index contributed by atoms with van der Waals surface area (Å²) in [6.45, 7) is 5.31. The lowest BCUT2D eigenvalue weighted by Crippen LogP contribution is -2.01. The maximum Gasteiger partial charge on any atom is 0.113 e. The van der Waals surface area contributed by atoms with E-state index in [9.17, 15) is 0 Å². The average molecular weight is 250 g/mol. The van der Waals surface area contributed by atoms with Crippen LogP contribution in [0.1, 0.15) is 20.3 Å². The van der Waals surface area contributed by atoms with Crippen molar-refractivity contribution in [1.29, 1.82) is 0 Å². The van der Waals surface area contributed by atoms with Crippen LogP contribution in [0.3, 0.4) is 0 Å². The molecule has 0 saturated heterocycles. The molecule has 1 aromatic carbocycles. The van der Waals surface area contributed by atoms with Crippen LogP contribution in [0.2, 0.25) is 5.02 Å². The third-order valence-electron chi connectivity index (χ3n) is 2.59. The minimum absolute atomic E-state index is 0.675. The van der Waals surface area contributed by atoms with Crippen LogP contribution in [0.4, 0.5) is 0 Å². The lowest BCUT2D eigenvalue weighted by Gasteiger charge is -2.02. The molecule has 0 bridgehead atoms. The Bertz CT molecular complexity index is 491. The number of benzene rings is 1. The largest absolute Gasteiger partial charge is 0.252 e. The molecule has 0 saturated carbocycles. The fraction of sp³-hybridized carbons (Fsp3) is 0.385. The Morgan fingerprint density at radius 3 is 2.88 bits per heavy atom. The van der Waals surface area contributed by atoms with E-state index in [4.69, 9.17) is 11.6 Å². The summed E-state index contributed by atoms with van der Waals surface area (Å²) in [6.07, 6.45) is 3.08. The molecule has 0 aliphatic heterocycles. The predicted molar refractivity (Wildman–Crippen MR) is 69.9 cm³/mol. The summed E-state index contributed by atoms with van der Waals surface area (Å²) in [4.78, 5) is 0. The summed E-state index contributed by atoms with van der Waals surface area (Å²) in [5, 5.41) is 9.00. The molecule has 0 fully saturated rings. The zero-order valence-corrected chi connectivity index (χ0v) is 10.9. The Hall–Kier alpha value is -1.35. The molecule has 1 heterocycles. The Morgan fingerprint density at radius 2 is 2.18 bits per heavy atom. The molecule has 17 heavy (non-hydrogen) atoms. The molecule has 3 nitrogen and oxygen atoms in total. The second-order valence-corrected chi connectivity index (χ2v) is 5.00. The monoisotopic (exact) mass is 249 g/mol. The Kier molecular flexibility index (Phi) is 3.79. The fourth-order valence-electron chi connectivity index (χ4n) is 1.58. The normalized spacial score (nSPS) is 11.1. The van der Waals surface area contributed by atoms with Crippen LogP contribution >= 0.6 is 11.6 Å². The zero-order valence-electron chi connectivity index (χ0n) is 10.1. The molecule has 0 N–H and O–H groups in total. The van der Waals surface area contributed by atoms with Crippen molar-refractivity contribution in [3.8, 4) is 11.3 Å². The SMILES string of the molecule is CC(C)CCn1cc(-c2cccc(Cl)c2)nn1. The molecule has 0 radical (unpaired) electrons. The maximum atomic E-state index is 5.95. The molecule has 90 valence electrons. The van der Waals surface area contributed by atoms with Gasteiger partial charge in [0.25, 0.3) is 0 Å². The van der Waals surface area contributed by atoms with E-state index >= 15 is 0 Å². The maximum absolute atomic E-state index is 5.95. The molecule has 0 aliphatic rings. The van der Waals surface area contributed by atoms with Crippen LogP contribution in [0.5, 0.6) is 0 Å². The molecule has 0 unspecified atom stereocenters. The van der Waals surface area contributed by atoms with Crippen molar-refractivity contribution in [2.45, 2.75) is 26.8 Å². The number of halogens is 1. The van der Waals surface area contributed by atoms with Gasteiger partial charge in [0.05, 0.1) is 6.20 Å². The van der Waals surface area contributed by atoms with Gasteiger partial charge in [0.2, 0.25) is 0 Å². The second-order valence-electron chi connectivity index (χ2n) is 4.56. The van der Waals surface area contributed by atoms with Gasteiger partial charge in [0.15, 0.2) is 0 Å². The van der Waals surface area contributed by atoms with E-state index < -0.39 is 0 Å².